The third-order valence-electron chi connectivity index (χ3n) is 2.58. The maximum atomic E-state index is 12.0. The van der Waals surface area contributed by atoms with Crippen molar-refractivity contribution in [3.63, 3.8) is 0 Å². The fraction of sp³-hybridized carbons (Fsp3) is 0.357. The average Bonchev–Trinajstić information content (AvgIpc) is 2.69. The van der Waals surface area contributed by atoms with Crippen molar-refractivity contribution in [3.05, 3.63) is 36.0 Å². The molecule has 2 rings (SSSR count). The number of rotatable bonds is 1. The molecule has 4 nitrogen and oxygen atoms in total. The summed E-state index contributed by atoms with van der Waals surface area (Å²) in [7, 11) is 0. The Balaban J connectivity index is 2.38. The van der Waals surface area contributed by atoms with Gasteiger partial charge in [0, 0.05) is 18.1 Å². The normalized spacial score (nSPS) is 11.8. The lowest BCUT2D eigenvalue weighted by Gasteiger charge is -2.19. The second-order valence-electron chi connectivity index (χ2n) is 5.26. The van der Waals surface area contributed by atoms with Crippen LogP contribution in [0.4, 0.5) is 4.79 Å². The van der Waals surface area contributed by atoms with Crippen LogP contribution in [0.3, 0.4) is 0 Å². The number of ether oxygens (including phenoxy) is 1. The molecule has 2 aromatic rings. The van der Waals surface area contributed by atoms with Crippen LogP contribution in [-0.2, 0) is 11.3 Å². The predicted molar refractivity (Wildman–Crippen MR) is 71.5 cm³/mol. The maximum Gasteiger partial charge on any atom is 0.418 e. The van der Waals surface area contributed by atoms with Gasteiger partial charge in [0.2, 0.25) is 0 Å². The minimum Gasteiger partial charge on any atom is -0.443 e. The Labute approximate surface area is 106 Å². The summed E-state index contributed by atoms with van der Waals surface area (Å²) in [5, 5.41) is 0.990. The summed E-state index contributed by atoms with van der Waals surface area (Å²) in [5.41, 5.74) is 6.98. The first-order chi connectivity index (χ1) is 8.40. The van der Waals surface area contributed by atoms with Crippen molar-refractivity contribution in [1.82, 2.24) is 4.57 Å². The van der Waals surface area contributed by atoms with E-state index >= 15 is 0 Å². The van der Waals surface area contributed by atoms with Gasteiger partial charge in [0.25, 0.3) is 0 Å². The topological polar surface area (TPSA) is 57.2 Å². The van der Waals surface area contributed by atoms with Gasteiger partial charge in [-0.1, -0.05) is 6.07 Å². The quantitative estimate of drug-likeness (QED) is 0.841. The second-order valence-corrected chi connectivity index (χ2v) is 5.26. The van der Waals surface area contributed by atoms with Crippen LogP contribution in [0.25, 0.3) is 10.9 Å². The predicted octanol–water partition coefficient (Wildman–Crippen LogP) is 2.88. The van der Waals surface area contributed by atoms with Crippen molar-refractivity contribution in [3.8, 4) is 0 Å². The van der Waals surface area contributed by atoms with Crippen LogP contribution >= 0.6 is 0 Å². The molecule has 1 heterocycles. The molecule has 18 heavy (non-hydrogen) atoms. The van der Waals surface area contributed by atoms with Gasteiger partial charge < -0.3 is 10.5 Å². The van der Waals surface area contributed by atoms with Gasteiger partial charge in [-0.3, -0.25) is 4.57 Å². The molecule has 0 unspecified atom stereocenters. The molecule has 0 fully saturated rings. The molecule has 0 amide bonds. The van der Waals surface area contributed by atoms with E-state index in [1.54, 1.807) is 6.20 Å². The van der Waals surface area contributed by atoms with E-state index in [0.29, 0.717) is 6.54 Å². The zero-order valence-corrected chi connectivity index (χ0v) is 10.9. The highest BCUT2D eigenvalue weighted by atomic mass is 16.6. The number of carbonyl (C=O) groups excluding carboxylic acids is 1. The van der Waals surface area contributed by atoms with E-state index in [9.17, 15) is 4.79 Å². The van der Waals surface area contributed by atoms with Gasteiger partial charge in [0.05, 0.1) is 5.52 Å². The fourth-order valence-electron chi connectivity index (χ4n) is 1.79. The number of nitrogens with two attached hydrogens (primary N) is 1. The molecule has 0 saturated carbocycles. The van der Waals surface area contributed by atoms with E-state index in [1.807, 2.05) is 45.0 Å². The van der Waals surface area contributed by atoms with Crippen LogP contribution < -0.4 is 5.73 Å². The van der Waals surface area contributed by atoms with Gasteiger partial charge in [-0.25, -0.2) is 4.79 Å². The lowest BCUT2D eigenvalue weighted by Crippen LogP contribution is -2.26. The summed E-state index contributed by atoms with van der Waals surface area (Å²) in [6.45, 7) is 6.04. The Morgan fingerprint density at radius 2 is 2.06 bits per heavy atom. The molecule has 0 bridgehead atoms. The third-order valence-corrected chi connectivity index (χ3v) is 2.58. The Morgan fingerprint density at radius 3 is 2.67 bits per heavy atom. The Kier molecular flexibility index (Phi) is 3.13. The smallest absolute Gasteiger partial charge is 0.418 e. The number of fused-ring (bicyclic) bond motifs is 1. The van der Waals surface area contributed by atoms with Gasteiger partial charge in [0.1, 0.15) is 5.60 Å². The van der Waals surface area contributed by atoms with Crippen molar-refractivity contribution in [1.29, 1.82) is 0 Å². The molecule has 2 N–H and O–H groups in total. The highest BCUT2D eigenvalue weighted by molar-refractivity contribution is 5.89. The lowest BCUT2D eigenvalue weighted by molar-refractivity contribution is 0.0544. The summed E-state index contributed by atoms with van der Waals surface area (Å²) >= 11 is 0. The summed E-state index contributed by atoms with van der Waals surface area (Å²) in [4.78, 5) is 12.0. The first kappa shape index (κ1) is 12.6. The van der Waals surface area contributed by atoms with Crippen molar-refractivity contribution in [2.45, 2.75) is 32.9 Å². The largest absolute Gasteiger partial charge is 0.443 e. The van der Waals surface area contributed by atoms with E-state index in [4.69, 9.17) is 10.5 Å². The van der Waals surface area contributed by atoms with Gasteiger partial charge in [-0.05, 0) is 44.5 Å². The van der Waals surface area contributed by atoms with Gasteiger partial charge in [-0.15, -0.1) is 0 Å². The highest BCUT2D eigenvalue weighted by Crippen LogP contribution is 2.19. The van der Waals surface area contributed by atoms with Crippen LogP contribution in [0, 0.1) is 0 Å². The van der Waals surface area contributed by atoms with Crippen LogP contribution in [0.5, 0.6) is 0 Å². The molecule has 0 atom stereocenters. The maximum absolute atomic E-state index is 12.0. The van der Waals surface area contributed by atoms with Crippen LogP contribution in [0.2, 0.25) is 0 Å². The molecule has 96 valence electrons. The molecule has 1 aromatic heterocycles. The van der Waals surface area contributed by atoms with E-state index in [-0.39, 0.29) is 6.09 Å². The monoisotopic (exact) mass is 246 g/mol. The number of benzene rings is 1. The van der Waals surface area contributed by atoms with Crippen LogP contribution in [0.1, 0.15) is 26.3 Å². The van der Waals surface area contributed by atoms with Gasteiger partial charge in [-0.2, -0.15) is 0 Å². The van der Waals surface area contributed by atoms with Crippen LogP contribution in [-0.4, -0.2) is 16.3 Å². The summed E-state index contributed by atoms with van der Waals surface area (Å²) < 4.78 is 6.86. The van der Waals surface area contributed by atoms with Crippen LogP contribution in [0.15, 0.2) is 30.5 Å². The summed E-state index contributed by atoms with van der Waals surface area (Å²) in [6, 6.07) is 7.68. The first-order valence-corrected chi connectivity index (χ1v) is 5.94. The van der Waals surface area contributed by atoms with E-state index in [2.05, 4.69) is 0 Å². The molecule has 4 heteroatoms. The number of carbonyl (C=O) groups is 1. The van der Waals surface area contributed by atoms with Gasteiger partial charge in [0.15, 0.2) is 0 Å². The first-order valence-electron chi connectivity index (χ1n) is 5.94. The minimum absolute atomic E-state index is 0.363. The molecule has 0 aliphatic rings. The summed E-state index contributed by atoms with van der Waals surface area (Å²) in [5.74, 6) is 0. The van der Waals surface area contributed by atoms with E-state index in [1.165, 1.54) is 4.57 Å². The van der Waals surface area contributed by atoms with Crippen molar-refractivity contribution in [2.24, 2.45) is 5.73 Å². The number of hydrogen-bond acceptors (Lipinski definition) is 3. The molecule has 0 aliphatic heterocycles. The van der Waals surface area contributed by atoms with Crippen molar-refractivity contribution >= 4 is 17.0 Å². The lowest BCUT2D eigenvalue weighted by atomic mass is 10.1. The zero-order chi connectivity index (χ0) is 13.3. The SMILES string of the molecule is CC(C)(C)OC(=O)n1ccc2cc(CN)ccc21. The Hall–Kier alpha value is -1.81. The van der Waals surface area contributed by atoms with E-state index in [0.717, 1.165) is 16.5 Å². The third kappa shape index (κ3) is 2.54. The standard InChI is InChI=1S/C14H18N2O2/c1-14(2,3)18-13(17)16-7-6-11-8-10(9-15)4-5-12(11)16/h4-8H,9,15H2,1-3H3. The minimum atomic E-state index is -0.495. The number of aromatic nitrogens is 1. The Morgan fingerprint density at radius 1 is 1.33 bits per heavy atom. The highest BCUT2D eigenvalue weighted by Gasteiger charge is 2.18. The molecule has 0 saturated heterocycles. The molecule has 0 radical (unpaired) electrons. The molecule has 0 spiro atoms. The second kappa shape index (κ2) is 4.46. The van der Waals surface area contributed by atoms with E-state index < -0.39 is 5.60 Å². The average molecular weight is 246 g/mol. The molecular weight excluding hydrogens is 228 g/mol. The molecule has 1 aromatic carbocycles. The number of nitrogens with zero attached hydrogens (tertiary/aromatic N) is 1. The summed E-state index contributed by atoms with van der Waals surface area (Å²) in [6.07, 6.45) is 1.36. The fourth-order valence-corrected chi connectivity index (χ4v) is 1.79. The van der Waals surface area contributed by atoms with Crippen molar-refractivity contribution in [2.75, 3.05) is 0 Å². The van der Waals surface area contributed by atoms with Crippen molar-refractivity contribution < 1.29 is 9.53 Å². The van der Waals surface area contributed by atoms with Gasteiger partial charge >= 0.3 is 6.09 Å². The number of hydrogen-bond donors (Lipinski definition) is 1. The molecule has 0 aliphatic carbocycles. The molecular formula is C14H18N2O2. The Bertz CT molecular complexity index is 579. The zero-order valence-electron chi connectivity index (χ0n) is 10.9.